The molecule has 0 saturated heterocycles. The van der Waals surface area contributed by atoms with Crippen molar-refractivity contribution in [2.75, 3.05) is 0 Å². The van der Waals surface area contributed by atoms with E-state index < -0.39 is 5.54 Å². The van der Waals surface area contributed by atoms with Crippen LogP contribution in [0.3, 0.4) is 0 Å². The molecule has 0 aliphatic heterocycles. The first-order valence-corrected chi connectivity index (χ1v) is 10.4. The highest BCUT2D eigenvalue weighted by Crippen LogP contribution is 2.25. The summed E-state index contributed by atoms with van der Waals surface area (Å²) in [7, 11) is 0. The maximum absolute atomic E-state index is 13.0. The number of nitrogens with one attached hydrogen (secondary N) is 1. The Bertz CT molecular complexity index is 1350. The lowest BCUT2D eigenvalue weighted by Gasteiger charge is -2.27. The van der Waals surface area contributed by atoms with Crippen LogP contribution in [0.1, 0.15) is 47.8 Å². The van der Waals surface area contributed by atoms with Crippen LogP contribution in [0.5, 0.6) is 5.75 Å². The summed E-state index contributed by atoms with van der Waals surface area (Å²) in [6.45, 7) is 11.8. The van der Waals surface area contributed by atoms with Crippen LogP contribution in [-0.2, 0) is 5.54 Å². The third-order valence-corrected chi connectivity index (χ3v) is 5.49. The summed E-state index contributed by atoms with van der Waals surface area (Å²) in [5.41, 5.74) is 5.60. The highest BCUT2D eigenvalue weighted by atomic mass is 16.3. The summed E-state index contributed by atoms with van der Waals surface area (Å²) in [5.74, 6) is -0.113. The third kappa shape index (κ3) is 4.12. The molecule has 0 unspecified atom stereocenters. The number of benzene rings is 3. The second-order valence-corrected chi connectivity index (χ2v) is 8.63. The van der Waals surface area contributed by atoms with Gasteiger partial charge in [0, 0.05) is 5.56 Å². The van der Waals surface area contributed by atoms with Gasteiger partial charge in [-0.05, 0) is 80.8 Å². The fourth-order valence-electron chi connectivity index (χ4n) is 3.56. The Labute approximate surface area is 187 Å². The van der Waals surface area contributed by atoms with Crippen molar-refractivity contribution in [2.45, 2.75) is 33.2 Å². The lowest BCUT2D eigenvalue weighted by Crippen LogP contribution is -2.41. The summed E-state index contributed by atoms with van der Waals surface area (Å²) in [6, 6.07) is 18.5. The number of allylic oxidation sites excluding steroid dienone is 1. The third-order valence-electron chi connectivity index (χ3n) is 5.49. The minimum atomic E-state index is -0.581. The Hall–Kier alpha value is -3.93. The average Bonchev–Trinajstić information content (AvgIpc) is 3.18. The molecule has 6 nitrogen and oxygen atoms in total. The van der Waals surface area contributed by atoms with Crippen molar-refractivity contribution in [2.24, 2.45) is 0 Å². The van der Waals surface area contributed by atoms with E-state index in [-0.39, 0.29) is 11.7 Å². The molecule has 4 aromatic rings. The van der Waals surface area contributed by atoms with E-state index >= 15 is 0 Å². The zero-order valence-electron chi connectivity index (χ0n) is 18.7. The molecule has 0 radical (unpaired) electrons. The zero-order valence-corrected chi connectivity index (χ0v) is 18.7. The summed E-state index contributed by atoms with van der Waals surface area (Å²) in [6.07, 6.45) is 0. The number of fused-ring (bicyclic) bond motifs is 1. The lowest BCUT2D eigenvalue weighted by atomic mass is 9.91. The van der Waals surface area contributed by atoms with E-state index in [1.54, 1.807) is 24.3 Å². The minimum absolute atomic E-state index is 0.0904. The van der Waals surface area contributed by atoms with Crippen LogP contribution in [0.15, 0.2) is 67.2 Å². The van der Waals surface area contributed by atoms with Crippen molar-refractivity contribution in [1.29, 1.82) is 0 Å². The molecule has 6 heteroatoms. The number of phenolic OH excluding ortho intramolecular Hbond substituents is 1. The molecule has 0 aliphatic carbocycles. The molecule has 3 aromatic carbocycles. The molecule has 1 amide bonds. The molecular formula is C26H26N4O2. The Balaban J connectivity index is 1.62. The fraction of sp³-hybridized carbons (Fsp3) is 0.192. The van der Waals surface area contributed by atoms with E-state index in [4.69, 9.17) is 0 Å². The smallest absolute Gasteiger partial charge is 0.252 e. The van der Waals surface area contributed by atoms with Crippen molar-refractivity contribution in [3.63, 3.8) is 0 Å². The van der Waals surface area contributed by atoms with E-state index in [0.29, 0.717) is 22.3 Å². The second kappa shape index (κ2) is 7.96. The van der Waals surface area contributed by atoms with Gasteiger partial charge in [-0.15, -0.1) is 15.0 Å². The van der Waals surface area contributed by atoms with Gasteiger partial charge in [0.2, 0.25) is 0 Å². The van der Waals surface area contributed by atoms with Crippen LogP contribution < -0.4 is 5.32 Å². The Kier molecular flexibility index (Phi) is 5.30. The first-order chi connectivity index (χ1) is 15.1. The molecule has 0 fully saturated rings. The van der Waals surface area contributed by atoms with E-state index in [9.17, 15) is 9.90 Å². The number of amides is 1. The maximum Gasteiger partial charge on any atom is 0.252 e. The van der Waals surface area contributed by atoms with Gasteiger partial charge >= 0.3 is 0 Å². The summed E-state index contributed by atoms with van der Waals surface area (Å²) >= 11 is 0. The summed E-state index contributed by atoms with van der Waals surface area (Å²) in [5, 5.41) is 22.2. The molecule has 32 heavy (non-hydrogen) atoms. The standard InChI is InChI=1S/C26H26N4O2/c1-16(2)18-7-6-8-20(14-18)26(4,5)27-25(32)19-10-11-21-22(15-19)29-30(28-21)23-13-17(3)9-12-24(23)31/h6-15,31H,1H2,2-5H3,(H,27,32). The van der Waals surface area contributed by atoms with E-state index in [1.165, 1.54) is 4.80 Å². The molecule has 1 heterocycles. The largest absolute Gasteiger partial charge is 0.506 e. The van der Waals surface area contributed by atoms with Gasteiger partial charge in [-0.3, -0.25) is 4.79 Å². The molecular weight excluding hydrogens is 400 g/mol. The molecule has 0 bridgehead atoms. The van der Waals surface area contributed by atoms with Crippen molar-refractivity contribution >= 4 is 22.5 Å². The van der Waals surface area contributed by atoms with Gasteiger partial charge in [0.1, 0.15) is 22.5 Å². The highest BCUT2D eigenvalue weighted by Gasteiger charge is 2.24. The number of aryl methyl sites for hydroxylation is 1. The first-order valence-electron chi connectivity index (χ1n) is 10.4. The zero-order chi connectivity index (χ0) is 23.0. The Morgan fingerprint density at radius 2 is 1.75 bits per heavy atom. The van der Waals surface area contributed by atoms with Crippen LogP contribution in [0.2, 0.25) is 0 Å². The maximum atomic E-state index is 13.0. The van der Waals surface area contributed by atoms with Gasteiger partial charge in [-0.2, -0.15) is 0 Å². The van der Waals surface area contributed by atoms with Gasteiger partial charge in [0.25, 0.3) is 5.91 Å². The Morgan fingerprint density at radius 3 is 2.50 bits per heavy atom. The number of phenols is 1. The number of hydrogen-bond acceptors (Lipinski definition) is 4. The van der Waals surface area contributed by atoms with Gasteiger partial charge in [0.05, 0.1) is 5.54 Å². The van der Waals surface area contributed by atoms with E-state index in [2.05, 4.69) is 22.1 Å². The second-order valence-electron chi connectivity index (χ2n) is 8.63. The van der Waals surface area contributed by atoms with Gasteiger partial charge in [0.15, 0.2) is 0 Å². The normalized spacial score (nSPS) is 11.5. The first kappa shape index (κ1) is 21.3. The number of hydrogen-bond donors (Lipinski definition) is 2. The van der Waals surface area contributed by atoms with Crippen LogP contribution in [-0.4, -0.2) is 26.0 Å². The number of carbonyl (C=O) groups excluding carboxylic acids is 1. The lowest BCUT2D eigenvalue weighted by molar-refractivity contribution is 0.0912. The van der Waals surface area contributed by atoms with Crippen molar-refractivity contribution in [1.82, 2.24) is 20.3 Å². The fourth-order valence-corrected chi connectivity index (χ4v) is 3.56. The number of rotatable bonds is 5. The molecule has 0 atom stereocenters. The van der Waals surface area contributed by atoms with Gasteiger partial charge in [-0.25, -0.2) is 0 Å². The summed E-state index contributed by atoms with van der Waals surface area (Å²) < 4.78 is 0. The quantitative estimate of drug-likeness (QED) is 0.463. The number of carbonyl (C=O) groups is 1. The molecule has 0 spiro atoms. The topological polar surface area (TPSA) is 80.0 Å². The van der Waals surface area contributed by atoms with Crippen molar-refractivity contribution in [3.05, 3.63) is 89.5 Å². The van der Waals surface area contributed by atoms with Crippen LogP contribution in [0.4, 0.5) is 0 Å². The molecule has 0 aliphatic rings. The minimum Gasteiger partial charge on any atom is -0.506 e. The number of aromatic nitrogens is 3. The SMILES string of the molecule is C=C(C)c1cccc(C(C)(C)NC(=O)c2ccc3nn(-c4cc(C)ccc4O)nc3c2)c1. The molecule has 162 valence electrons. The number of aromatic hydroxyl groups is 1. The predicted molar refractivity (Wildman–Crippen MR) is 127 cm³/mol. The highest BCUT2D eigenvalue weighted by molar-refractivity contribution is 5.97. The van der Waals surface area contributed by atoms with Crippen LogP contribution in [0.25, 0.3) is 22.3 Å². The van der Waals surface area contributed by atoms with E-state index in [0.717, 1.165) is 22.3 Å². The van der Waals surface area contributed by atoms with Gasteiger partial charge < -0.3 is 10.4 Å². The van der Waals surface area contributed by atoms with Gasteiger partial charge in [-0.1, -0.05) is 36.4 Å². The molecule has 1 aromatic heterocycles. The Morgan fingerprint density at radius 1 is 1.00 bits per heavy atom. The molecule has 2 N–H and O–H groups in total. The summed E-state index contributed by atoms with van der Waals surface area (Å²) in [4.78, 5) is 14.4. The van der Waals surface area contributed by atoms with E-state index in [1.807, 2.05) is 64.1 Å². The van der Waals surface area contributed by atoms with Crippen molar-refractivity contribution < 1.29 is 9.90 Å². The van der Waals surface area contributed by atoms with Crippen LogP contribution in [0, 0.1) is 6.92 Å². The monoisotopic (exact) mass is 426 g/mol. The number of nitrogens with zero attached hydrogens (tertiary/aromatic N) is 3. The van der Waals surface area contributed by atoms with Crippen LogP contribution >= 0.6 is 0 Å². The van der Waals surface area contributed by atoms with Crippen molar-refractivity contribution in [3.8, 4) is 11.4 Å². The predicted octanol–water partition coefficient (Wildman–Crippen LogP) is 5.13. The molecule has 0 saturated carbocycles. The average molecular weight is 427 g/mol. The molecule has 4 rings (SSSR count).